The lowest BCUT2D eigenvalue weighted by Crippen LogP contribution is -2.22. The monoisotopic (exact) mass is 264 g/mol. The van der Waals surface area contributed by atoms with Gasteiger partial charge in [-0.3, -0.25) is 9.59 Å². The predicted molar refractivity (Wildman–Crippen MR) is 70.1 cm³/mol. The van der Waals surface area contributed by atoms with Crippen LogP contribution in [0.15, 0.2) is 35.2 Å². The van der Waals surface area contributed by atoms with E-state index in [9.17, 15) is 9.59 Å². The Hall–Kier alpha value is -1.29. The molecule has 1 aromatic rings. The highest BCUT2D eigenvalue weighted by molar-refractivity contribution is 8.00. The first-order valence-corrected chi connectivity index (χ1v) is 6.93. The van der Waals surface area contributed by atoms with Gasteiger partial charge >= 0.3 is 11.9 Å². The van der Waals surface area contributed by atoms with Crippen LogP contribution in [0.3, 0.4) is 0 Å². The second-order valence-electron chi connectivity index (χ2n) is 4.83. The van der Waals surface area contributed by atoms with E-state index in [4.69, 9.17) is 4.74 Å². The van der Waals surface area contributed by atoms with E-state index in [1.807, 2.05) is 44.2 Å². The molecule has 0 N–H and O–H groups in total. The summed E-state index contributed by atoms with van der Waals surface area (Å²) in [5, 5.41) is -0.401. The zero-order valence-electron chi connectivity index (χ0n) is 10.5. The molecule has 96 valence electrons. The van der Waals surface area contributed by atoms with Crippen molar-refractivity contribution < 1.29 is 14.3 Å². The third kappa shape index (κ3) is 2.93. The Labute approximate surface area is 111 Å². The van der Waals surface area contributed by atoms with E-state index in [-0.39, 0.29) is 11.9 Å². The zero-order chi connectivity index (χ0) is 13.1. The largest absolute Gasteiger partial charge is 0.392 e. The Balaban J connectivity index is 2.13. The number of ether oxygens (including phenoxy) is 1. The zero-order valence-corrected chi connectivity index (χ0v) is 11.3. The number of hydrogen-bond acceptors (Lipinski definition) is 4. The first-order chi connectivity index (χ1) is 8.58. The minimum Gasteiger partial charge on any atom is -0.392 e. The number of carbonyl (C=O) groups excluding carboxylic acids is 2. The van der Waals surface area contributed by atoms with Gasteiger partial charge in [0.2, 0.25) is 0 Å². The number of rotatable bonds is 4. The molecule has 2 atom stereocenters. The van der Waals surface area contributed by atoms with Crippen LogP contribution in [0.1, 0.15) is 20.3 Å². The summed E-state index contributed by atoms with van der Waals surface area (Å²) < 4.78 is 4.76. The first-order valence-electron chi connectivity index (χ1n) is 6.05. The van der Waals surface area contributed by atoms with E-state index in [1.165, 1.54) is 11.8 Å². The summed E-state index contributed by atoms with van der Waals surface area (Å²) >= 11 is 1.42. The molecule has 0 unspecified atom stereocenters. The lowest BCUT2D eigenvalue weighted by Gasteiger charge is -2.15. The molecule has 1 aliphatic heterocycles. The molecule has 3 nitrogen and oxygen atoms in total. The van der Waals surface area contributed by atoms with Crippen LogP contribution >= 0.6 is 11.8 Å². The molecule has 0 aromatic heterocycles. The quantitative estimate of drug-likeness (QED) is 0.619. The van der Waals surface area contributed by atoms with Gasteiger partial charge in [-0.25, -0.2) is 0 Å². The lowest BCUT2D eigenvalue weighted by atomic mass is 9.95. The SMILES string of the molecule is CC(C)C[C@H]1C(=O)OC(=O)[C@H]1Sc1ccccc1. The molecule has 2 rings (SSSR count). The molecule has 1 fully saturated rings. The van der Waals surface area contributed by atoms with Gasteiger partial charge in [0.1, 0.15) is 5.25 Å². The molecular formula is C14H16O3S. The molecule has 0 amide bonds. The second-order valence-corrected chi connectivity index (χ2v) is 6.04. The molecule has 0 radical (unpaired) electrons. The average molecular weight is 264 g/mol. The van der Waals surface area contributed by atoms with Crippen molar-refractivity contribution in [3.63, 3.8) is 0 Å². The van der Waals surface area contributed by atoms with E-state index in [2.05, 4.69) is 0 Å². The number of benzene rings is 1. The van der Waals surface area contributed by atoms with E-state index in [1.54, 1.807) is 0 Å². The molecule has 0 bridgehead atoms. The summed E-state index contributed by atoms with van der Waals surface area (Å²) in [7, 11) is 0. The smallest absolute Gasteiger partial charge is 0.327 e. The highest BCUT2D eigenvalue weighted by Crippen LogP contribution is 2.36. The van der Waals surface area contributed by atoms with Gasteiger partial charge in [0, 0.05) is 4.90 Å². The second kappa shape index (κ2) is 5.57. The van der Waals surface area contributed by atoms with Crippen molar-refractivity contribution in [3.8, 4) is 0 Å². The van der Waals surface area contributed by atoms with Crippen LogP contribution in [0.4, 0.5) is 0 Å². The summed E-state index contributed by atoms with van der Waals surface area (Å²) in [4.78, 5) is 24.4. The van der Waals surface area contributed by atoms with E-state index in [0.717, 1.165) is 4.90 Å². The topological polar surface area (TPSA) is 43.4 Å². The van der Waals surface area contributed by atoms with Gasteiger partial charge in [-0.15, -0.1) is 11.8 Å². The van der Waals surface area contributed by atoms with Crippen molar-refractivity contribution >= 4 is 23.7 Å². The van der Waals surface area contributed by atoms with Crippen molar-refractivity contribution in [3.05, 3.63) is 30.3 Å². The fourth-order valence-corrected chi connectivity index (χ4v) is 3.16. The van der Waals surface area contributed by atoms with Crippen LogP contribution in [0, 0.1) is 11.8 Å². The Morgan fingerprint density at radius 3 is 2.44 bits per heavy atom. The number of carbonyl (C=O) groups is 2. The van der Waals surface area contributed by atoms with Gasteiger partial charge in [-0.1, -0.05) is 32.0 Å². The van der Waals surface area contributed by atoms with Crippen molar-refractivity contribution in [2.45, 2.75) is 30.4 Å². The van der Waals surface area contributed by atoms with Crippen LogP contribution in [-0.2, 0) is 14.3 Å². The minimum absolute atomic E-state index is 0.317. The van der Waals surface area contributed by atoms with Gasteiger partial charge in [0.25, 0.3) is 0 Å². The Bertz CT molecular complexity index is 442. The maximum atomic E-state index is 11.7. The molecule has 0 spiro atoms. The highest BCUT2D eigenvalue weighted by Gasteiger charge is 2.44. The maximum Gasteiger partial charge on any atom is 0.327 e. The Morgan fingerprint density at radius 1 is 1.17 bits per heavy atom. The first kappa shape index (κ1) is 13.1. The van der Waals surface area contributed by atoms with Crippen LogP contribution in [0.25, 0.3) is 0 Å². The molecule has 0 aliphatic carbocycles. The van der Waals surface area contributed by atoms with Crippen LogP contribution in [0.2, 0.25) is 0 Å². The number of esters is 2. The third-order valence-electron chi connectivity index (χ3n) is 2.83. The van der Waals surface area contributed by atoms with Crippen molar-refractivity contribution in [1.82, 2.24) is 0 Å². The molecule has 18 heavy (non-hydrogen) atoms. The molecule has 1 aromatic carbocycles. The molecule has 1 saturated heterocycles. The van der Waals surface area contributed by atoms with Crippen LogP contribution in [0.5, 0.6) is 0 Å². The highest BCUT2D eigenvalue weighted by atomic mass is 32.2. The third-order valence-corrected chi connectivity index (χ3v) is 4.15. The van der Waals surface area contributed by atoms with Crippen molar-refractivity contribution in [2.24, 2.45) is 11.8 Å². The summed E-state index contributed by atoms with van der Waals surface area (Å²) in [6.07, 6.45) is 0.690. The van der Waals surface area contributed by atoms with E-state index >= 15 is 0 Å². The maximum absolute atomic E-state index is 11.7. The van der Waals surface area contributed by atoms with Gasteiger partial charge in [0.15, 0.2) is 0 Å². The molecular weight excluding hydrogens is 248 g/mol. The summed E-state index contributed by atoms with van der Waals surface area (Å²) in [6.45, 7) is 4.08. The van der Waals surface area contributed by atoms with Gasteiger partial charge in [0.05, 0.1) is 5.92 Å². The van der Waals surface area contributed by atoms with Crippen molar-refractivity contribution in [1.29, 1.82) is 0 Å². The fourth-order valence-electron chi connectivity index (χ4n) is 2.02. The summed E-state index contributed by atoms with van der Waals surface area (Å²) in [5.74, 6) is -0.725. The Morgan fingerprint density at radius 2 is 1.83 bits per heavy atom. The average Bonchev–Trinajstić information content (AvgIpc) is 2.57. The van der Waals surface area contributed by atoms with Crippen molar-refractivity contribution in [2.75, 3.05) is 0 Å². The molecule has 1 heterocycles. The van der Waals surface area contributed by atoms with Gasteiger partial charge < -0.3 is 4.74 Å². The van der Waals surface area contributed by atoms with Gasteiger partial charge in [-0.2, -0.15) is 0 Å². The number of cyclic esters (lactones) is 2. The van der Waals surface area contributed by atoms with E-state index in [0.29, 0.717) is 12.3 Å². The summed E-state index contributed by atoms with van der Waals surface area (Å²) in [6, 6.07) is 9.64. The minimum atomic E-state index is -0.403. The van der Waals surface area contributed by atoms with Crippen LogP contribution in [-0.4, -0.2) is 17.2 Å². The standard InChI is InChI=1S/C14H16O3S/c1-9(2)8-11-12(14(16)17-13(11)15)18-10-6-4-3-5-7-10/h3-7,9,11-12H,8H2,1-2H3/t11-,12+/m1/s1. The number of thioether (sulfide) groups is 1. The van der Waals surface area contributed by atoms with E-state index < -0.39 is 11.2 Å². The van der Waals surface area contributed by atoms with Crippen LogP contribution < -0.4 is 0 Å². The summed E-state index contributed by atoms with van der Waals surface area (Å²) in [5.41, 5.74) is 0. The van der Waals surface area contributed by atoms with Gasteiger partial charge in [-0.05, 0) is 24.5 Å². The molecule has 4 heteroatoms. The normalized spacial score (nSPS) is 23.5. The Kier molecular flexibility index (Phi) is 4.07. The molecule has 0 saturated carbocycles. The molecule has 1 aliphatic rings. The predicted octanol–water partition coefficient (Wildman–Crippen LogP) is 2.89. The fraction of sp³-hybridized carbons (Fsp3) is 0.429. The number of hydrogen-bond donors (Lipinski definition) is 0. The lowest BCUT2D eigenvalue weighted by molar-refractivity contribution is -0.153.